The summed E-state index contributed by atoms with van der Waals surface area (Å²) in [5.74, 6) is 0. The first kappa shape index (κ1) is 10.7. The van der Waals surface area contributed by atoms with Crippen molar-refractivity contribution in [3.63, 3.8) is 0 Å². The van der Waals surface area contributed by atoms with E-state index in [1.165, 1.54) is 37.9 Å². The average Bonchev–Trinajstić information content (AvgIpc) is 2.78. The Labute approximate surface area is 91.7 Å². The second kappa shape index (κ2) is 4.81. The monoisotopic (exact) mass is 207 g/mol. The van der Waals surface area contributed by atoms with Gasteiger partial charge in [-0.1, -0.05) is 6.42 Å². The highest BCUT2D eigenvalue weighted by molar-refractivity contribution is 5.20. The van der Waals surface area contributed by atoms with Gasteiger partial charge in [-0.15, -0.1) is 0 Å². The maximum absolute atomic E-state index is 5.60. The molecule has 0 bridgehead atoms. The zero-order valence-electron chi connectivity index (χ0n) is 9.50. The van der Waals surface area contributed by atoms with Gasteiger partial charge in [0, 0.05) is 24.5 Å². The van der Waals surface area contributed by atoms with Gasteiger partial charge in [-0.3, -0.25) is 4.90 Å². The minimum Gasteiger partial charge on any atom is -0.364 e. The van der Waals surface area contributed by atoms with Crippen molar-refractivity contribution in [1.29, 1.82) is 0 Å². The third-order valence-corrected chi connectivity index (χ3v) is 3.41. The van der Waals surface area contributed by atoms with Gasteiger partial charge in [0.15, 0.2) is 0 Å². The lowest BCUT2D eigenvalue weighted by molar-refractivity contribution is 0.175. The first-order valence-corrected chi connectivity index (χ1v) is 5.92. The number of hydrogen-bond acceptors (Lipinski definition) is 2. The van der Waals surface area contributed by atoms with Gasteiger partial charge in [-0.05, 0) is 44.5 Å². The van der Waals surface area contributed by atoms with Crippen LogP contribution in [0.1, 0.15) is 43.5 Å². The molecule has 15 heavy (non-hydrogen) atoms. The van der Waals surface area contributed by atoms with Crippen LogP contribution in [-0.4, -0.2) is 23.0 Å². The molecule has 1 aromatic rings. The molecule has 3 N–H and O–H groups in total. The van der Waals surface area contributed by atoms with E-state index in [1.807, 2.05) is 0 Å². The van der Waals surface area contributed by atoms with Crippen molar-refractivity contribution in [3.8, 4) is 0 Å². The van der Waals surface area contributed by atoms with E-state index in [0.29, 0.717) is 12.6 Å². The Morgan fingerprint density at radius 3 is 2.73 bits per heavy atom. The molecule has 1 saturated heterocycles. The van der Waals surface area contributed by atoms with Crippen LogP contribution in [-0.2, 0) is 6.54 Å². The van der Waals surface area contributed by atoms with Crippen molar-refractivity contribution < 1.29 is 0 Å². The number of nitrogens with two attached hydrogens (primary N) is 1. The summed E-state index contributed by atoms with van der Waals surface area (Å²) in [6.45, 7) is 5.37. The Kier molecular flexibility index (Phi) is 3.44. The van der Waals surface area contributed by atoms with E-state index in [0.717, 1.165) is 5.69 Å². The lowest BCUT2D eigenvalue weighted by atomic mass is 10.1. The van der Waals surface area contributed by atoms with Crippen LogP contribution in [0.4, 0.5) is 0 Å². The van der Waals surface area contributed by atoms with Crippen LogP contribution >= 0.6 is 0 Å². The highest BCUT2D eigenvalue weighted by atomic mass is 15.2. The smallest absolute Gasteiger partial charge is 0.0334 e. The molecule has 1 aliphatic rings. The van der Waals surface area contributed by atoms with Gasteiger partial charge < -0.3 is 10.7 Å². The minimum absolute atomic E-state index is 0.529. The van der Waals surface area contributed by atoms with Crippen molar-refractivity contribution in [3.05, 3.63) is 23.5 Å². The van der Waals surface area contributed by atoms with E-state index < -0.39 is 0 Å². The van der Waals surface area contributed by atoms with Crippen LogP contribution in [0, 0.1) is 0 Å². The lowest BCUT2D eigenvalue weighted by Crippen LogP contribution is -2.32. The second-order valence-electron chi connectivity index (χ2n) is 4.43. The zero-order valence-corrected chi connectivity index (χ0v) is 9.50. The number of aromatic amines is 1. The molecule has 3 nitrogen and oxygen atoms in total. The van der Waals surface area contributed by atoms with E-state index in [4.69, 9.17) is 5.73 Å². The van der Waals surface area contributed by atoms with E-state index >= 15 is 0 Å². The second-order valence-corrected chi connectivity index (χ2v) is 4.43. The zero-order chi connectivity index (χ0) is 10.7. The fourth-order valence-corrected chi connectivity index (χ4v) is 2.34. The molecule has 1 fully saturated rings. The fourth-order valence-electron chi connectivity index (χ4n) is 2.34. The first-order chi connectivity index (χ1) is 7.31. The molecule has 1 aliphatic heterocycles. The third-order valence-electron chi connectivity index (χ3n) is 3.41. The van der Waals surface area contributed by atoms with Crippen molar-refractivity contribution >= 4 is 0 Å². The summed E-state index contributed by atoms with van der Waals surface area (Å²) in [5.41, 5.74) is 8.10. The van der Waals surface area contributed by atoms with Gasteiger partial charge in [0.2, 0.25) is 0 Å². The molecule has 3 heteroatoms. The SMILES string of the molecule is CC(c1c[nH]c(CN)c1)N1CCCCC1. The molecule has 0 radical (unpaired) electrons. The summed E-state index contributed by atoms with van der Waals surface area (Å²) < 4.78 is 0. The summed E-state index contributed by atoms with van der Waals surface area (Å²) in [7, 11) is 0. The van der Waals surface area contributed by atoms with Crippen LogP contribution in [0.5, 0.6) is 0 Å². The molecular weight excluding hydrogens is 186 g/mol. The first-order valence-electron chi connectivity index (χ1n) is 5.92. The van der Waals surface area contributed by atoms with Gasteiger partial charge in [-0.25, -0.2) is 0 Å². The van der Waals surface area contributed by atoms with Crippen molar-refractivity contribution in [2.45, 2.75) is 38.8 Å². The highest BCUT2D eigenvalue weighted by Crippen LogP contribution is 2.24. The largest absolute Gasteiger partial charge is 0.364 e. The third kappa shape index (κ3) is 2.41. The fraction of sp³-hybridized carbons (Fsp3) is 0.667. The molecule has 0 aliphatic carbocycles. The van der Waals surface area contributed by atoms with Gasteiger partial charge >= 0.3 is 0 Å². The molecule has 0 saturated carbocycles. The Balaban J connectivity index is 2.02. The van der Waals surface area contributed by atoms with Crippen molar-refractivity contribution in [2.75, 3.05) is 13.1 Å². The van der Waals surface area contributed by atoms with Crippen LogP contribution in [0.25, 0.3) is 0 Å². The van der Waals surface area contributed by atoms with Gasteiger partial charge in [-0.2, -0.15) is 0 Å². The van der Waals surface area contributed by atoms with E-state index in [9.17, 15) is 0 Å². The molecule has 1 unspecified atom stereocenters. The summed E-state index contributed by atoms with van der Waals surface area (Å²) in [6.07, 6.45) is 6.18. The molecular formula is C12H21N3. The number of H-pyrrole nitrogens is 1. The molecule has 84 valence electrons. The highest BCUT2D eigenvalue weighted by Gasteiger charge is 2.18. The molecule has 2 heterocycles. The summed E-state index contributed by atoms with van der Waals surface area (Å²) in [5, 5.41) is 0. The number of aromatic nitrogens is 1. The Morgan fingerprint density at radius 1 is 1.40 bits per heavy atom. The molecule has 0 amide bonds. The summed E-state index contributed by atoms with van der Waals surface area (Å²) in [6, 6.07) is 2.72. The lowest BCUT2D eigenvalue weighted by Gasteiger charge is -2.31. The Morgan fingerprint density at radius 2 is 2.13 bits per heavy atom. The van der Waals surface area contributed by atoms with Gasteiger partial charge in [0.05, 0.1) is 0 Å². The minimum atomic E-state index is 0.529. The maximum atomic E-state index is 5.60. The van der Waals surface area contributed by atoms with Gasteiger partial charge in [0.1, 0.15) is 0 Å². The van der Waals surface area contributed by atoms with E-state index in [2.05, 4.69) is 29.1 Å². The molecule has 2 rings (SSSR count). The summed E-state index contributed by atoms with van der Waals surface area (Å²) >= 11 is 0. The number of rotatable bonds is 3. The number of nitrogens with zero attached hydrogens (tertiary/aromatic N) is 1. The Bertz CT molecular complexity index is 300. The van der Waals surface area contributed by atoms with Crippen molar-refractivity contribution in [1.82, 2.24) is 9.88 Å². The van der Waals surface area contributed by atoms with Gasteiger partial charge in [0.25, 0.3) is 0 Å². The molecule has 1 atom stereocenters. The predicted octanol–water partition coefficient (Wildman–Crippen LogP) is 2.02. The van der Waals surface area contributed by atoms with Crippen LogP contribution < -0.4 is 5.73 Å². The Hall–Kier alpha value is -0.800. The van der Waals surface area contributed by atoms with Crippen LogP contribution in [0.2, 0.25) is 0 Å². The maximum Gasteiger partial charge on any atom is 0.0334 e. The summed E-state index contributed by atoms with van der Waals surface area (Å²) in [4.78, 5) is 5.79. The van der Waals surface area contributed by atoms with E-state index in [1.54, 1.807) is 0 Å². The predicted molar refractivity (Wildman–Crippen MR) is 62.5 cm³/mol. The normalized spacial score (nSPS) is 20.4. The molecule has 0 spiro atoms. The van der Waals surface area contributed by atoms with E-state index in [-0.39, 0.29) is 0 Å². The van der Waals surface area contributed by atoms with Crippen LogP contribution in [0.3, 0.4) is 0 Å². The van der Waals surface area contributed by atoms with Crippen molar-refractivity contribution in [2.24, 2.45) is 5.73 Å². The topological polar surface area (TPSA) is 45.1 Å². The van der Waals surface area contributed by atoms with Crippen LogP contribution in [0.15, 0.2) is 12.3 Å². The molecule has 1 aromatic heterocycles. The quantitative estimate of drug-likeness (QED) is 0.796. The number of likely N-dealkylation sites (tertiary alicyclic amines) is 1. The average molecular weight is 207 g/mol. The standard InChI is InChI=1S/C12H21N3/c1-10(15-5-3-2-4-6-15)11-7-12(8-13)14-9-11/h7,9-10,14H,2-6,8,13H2,1H3. The number of piperidine rings is 1. The number of hydrogen-bond donors (Lipinski definition) is 2. The molecule has 0 aromatic carbocycles. The number of nitrogens with one attached hydrogen (secondary N) is 1.